The summed E-state index contributed by atoms with van der Waals surface area (Å²) in [6.45, 7) is 6.99. The van der Waals surface area contributed by atoms with E-state index in [1.54, 1.807) is 6.20 Å². The average Bonchev–Trinajstić information content (AvgIpc) is 2.81. The SMILES string of the molecule is CC(C)(C)NCC(O)COc1cccc2sncc12.Cl. The van der Waals surface area contributed by atoms with Gasteiger partial charge in [0.25, 0.3) is 0 Å². The Labute approximate surface area is 129 Å². The molecule has 0 fully saturated rings. The number of aromatic nitrogens is 1. The summed E-state index contributed by atoms with van der Waals surface area (Å²) in [5.74, 6) is 0.779. The minimum atomic E-state index is -0.527. The van der Waals surface area contributed by atoms with Gasteiger partial charge >= 0.3 is 0 Å². The first-order chi connectivity index (χ1) is 8.96. The van der Waals surface area contributed by atoms with E-state index in [0.29, 0.717) is 6.54 Å². The fourth-order valence-electron chi connectivity index (χ4n) is 1.66. The van der Waals surface area contributed by atoms with Gasteiger partial charge in [0.1, 0.15) is 18.5 Å². The van der Waals surface area contributed by atoms with Crippen molar-refractivity contribution in [1.82, 2.24) is 9.69 Å². The van der Waals surface area contributed by atoms with Gasteiger partial charge in [0.05, 0.1) is 16.3 Å². The van der Waals surface area contributed by atoms with Gasteiger partial charge in [0.15, 0.2) is 0 Å². The summed E-state index contributed by atoms with van der Waals surface area (Å²) >= 11 is 1.44. The van der Waals surface area contributed by atoms with Crippen molar-refractivity contribution in [2.24, 2.45) is 0 Å². The van der Waals surface area contributed by atoms with Gasteiger partial charge in [0, 0.05) is 12.1 Å². The molecule has 2 aromatic rings. The van der Waals surface area contributed by atoms with Crippen LogP contribution < -0.4 is 10.1 Å². The van der Waals surface area contributed by atoms with Crippen LogP contribution in [-0.4, -0.2) is 34.3 Å². The molecule has 1 aromatic heterocycles. The lowest BCUT2D eigenvalue weighted by Gasteiger charge is -2.23. The van der Waals surface area contributed by atoms with E-state index in [4.69, 9.17) is 4.74 Å². The lowest BCUT2D eigenvalue weighted by Crippen LogP contribution is -2.42. The second-order valence-electron chi connectivity index (χ2n) is 5.59. The summed E-state index contributed by atoms with van der Waals surface area (Å²) in [4.78, 5) is 0. The number of hydrogen-bond donors (Lipinski definition) is 2. The maximum atomic E-state index is 9.90. The standard InChI is InChI=1S/C14H20N2O2S.ClH/c1-14(2,3)15-7-10(17)9-18-12-5-4-6-13-11(12)8-16-19-13;/h4-6,8,10,15,17H,7,9H2,1-3H3;1H. The Kier molecular flexibility index (Phi) is 6.20. The number of rotatable bonds is 5. The molecule has 1 heterocycles. The smallest absolute Gasteiger partial charge is 0.129 e. The third-order valence-corrected chi connectivity index (χ3v) is 3.42. The Morgan fingerprint density at radius 3 is 2.85 bits per heavy atom. The van der Waals surface area contributed by atoms with Gasteiger partial charge in [0.2, 0.25) is 0 Å². The van der Waals surface area contributed by atoms with Gasteiger partial charge < -0.3 is 15.2 Å². The molecule has 112 valence electrons. The molecule has 0 saturated carbocycles. The molecule has 0 radical (unpaired) electrons. The maximum Gasteiger partial charge on any atom is 0.129 e. The van der Waals surface area contributed by atoms with E-state index in [1.807, 2.05) is 18.2 Å². The fraction of sp³-hybridized carbons (Fsp3) is 0.500. The lowest BCUT2D eigenvalue weighted by atomic mass is 10.1. The predicted octanol–water partition coefficient (Wildman–Crippen LogP) is 2.85. The van der Waals surface area contributed by atoms with E-state index in [0.717, 1.165) is 15.8 Å². The van der Waals surface area contributed by atoms with Gasteiger partial charge in [-0.25, -0.2) is 0 Å². The average molecular weight is 317 g/mol. The Morgan fingerprint density at radius 1 is 1.40 bits per heavy atom. The molecule has 0 saturated heterocycles. The summed E-state index contributed by atoms with van der Waals surface area (Å²) < 4.78 is 10.9. The van der Waals surface area contributed by atoms with Crippen molar-refractivity contribution in [2.45, 2.75) is 32.4 Å². The highest BCUT2D eigenvalue weighted by atomic mass is 35.5. The van der Waals surface area contributed by atoms with Crippen LogP contribution in [0.15, 0.2) is 24.4 Å². The monoisotopic (exact) mass is 316 g/mol. The largest absolute Gasteiger partial charge is 0.490 e. The van der Waals surface area contributed by atoms with Gasteiger partial charge in [-0.15, -0.1) is 12.4 Å². The number of β-amino-alcohol motifs (C(OH)–C–C–N with tert-alkyl or cyclic N) is 1. The highest BCUT2D eigenvalue weighted by molar-refractivity contribution is 7.13. The van der Waals surface area contributed by atoms with Gasteiger partial charge in [-0.3, -0.25) is 0 Å². The normalized spacial score (nSPS) is 13.0. The summed E-state index contributed by atoms with van der Waals surface area (Å²) in [7, 11) is 0. The zero-order valence-corrected chi connectivity index (χ0v) is 13.6. The zero-order chi connectivity index (χ0) is 13.9. The maximum absolute atomic E-state index is 9.90. The number of hydrogen-bond acceptors (Lipinski definition) is 5. The molecular weight excluding hydrogens is 296 g/mol. The number of halogens is 1. The van der Waals surface area contributed by atoms with Crippen molar-refractivity contribution in [1.29, 1.82) is 0 Å². The van der Waals surface area contributed by atoms with E-state index < -0.39 is 6.10 Å². The Balaban J connectivity index is 0.00000200. The van der Waals surface area contributed by atoms with Crippen LogP contribution in [0.1, 0.15) is 20.8 Å². The molecule has 0 aliphatic carbocycles. The second-order valence-corrected chi connectivity index (χ2v) is 6.42. The Hall–Kier alpha value is -0.880. The van der Waals surface area contributed by atoms with Crippen LogP contribution in [0, 0.1) is 0 Å². The minimum Gasteiger partial charge on any atom is -0.490 e. The molecule has 2 rings (SSSR count). The van der Waals surface area contributed by atoms with Gasteiger partial charge in [-0.2, -0.15) is 4.37 Å². The van der Waals surface area contributed by atoms with E-state index in [-0.39, 0.29) is 24.6 Å². The van der Waals surface area contributed by atoms with Crippen LogP contribution >= 0.6 is 23.9 Å². The summed E-state index contributed by atoms with van der Waals surface area (Å²) in [6, 6.07) is 5.85. The number of nitrogens with one attached hydrogen (secondary N) is 1. The van der Waals surface area contributed by atoms with Crippen LogP contribution in [0.3, 0.4) is 0 Å². The molecule has 2 N–H and O–H groups in total. The predicted molar refractivity (Wildman–Crippen MR) is 86.1 cm³/mol. The number of aliphatic hydroxyl groups is 1. The first-order valence-electron chi connectivity index (χ1n) is 6.35. The molecule has 0 aliphatic heterocycles. The fourth-order valence-corrected chi connectivity index (χ4v) is 2.32. The van der Waals surface area contributed by atoms with Crippen molar-refractivity contribution in [3.05, 3.63) is 24.4 Å². The molecule has 0 aliphatic rings. The van der Waals surface area contributed by atoms with Crippen LogP contribution in [0.2, 0.25) is 0 Å². The molecule has 6 heteroatoms. The van der Waals surface area contributed by atoms with E-state index in [2.05, 4.69) is 30.5 Å². The molecule has 1 unspecified atom stereocenters. The molecule has 4 nitrogen and oxygen atoms in total. The molecule has 1 atom stereocenters. The Morgan fingerprint density at radius 2 is 2.15 bits per heavy atom. The van der Waals surface area contributed by atoms with Crippen molar-refractivity contribution in [3.63, 3.8) is 0 Å². The number of fused-ring (bicyclic) bond motifs is 1. The molecule has 1 aromatic carbocycles. The lowest BCUT2D eigenvalue weighted by molar-refractivity contribution is 0.101. The number of ether oxygens (including phenoxy) is 1. The van der Waals surface area contributed by atoms with Crippen molar-refractivity contribution in [2.75, 3.05) is 13.2 Å². The highest BCUT2D eigenvalue weighted by Crippen LogP contribution is 2.27. The number of nitrogens with zero attached hydrogens (tertiary/aromatic N) is 1. The minimum absolute atomic E-state index is 0. The van der Waals surface area contributed by atoms with E-state index in [9.17, 15) is 5.11 Å². The summed E-state index contributed by atoms with van der Waals surface area (Å²) in [5, 5.41) is 14.1. The summed E-state index contributed by atoms with van der Waals surface area (Å²) in [6.07, 6.45) is 1.27. The van der Waals surface area contributed by atoms with Gasteiger partial charge in [-0.05, 0) is 44.4 Å². The second kappa shape index (κ2) is 7.22. The third-order valence-electron chi connectivity index (χ3n) is 2.66. The summed E-state index contributed by atoms with van der Waals surface area (Å²) in [5.41, 5.74) is -0.00171. The third kappa shape index (κ3) is 4.90. The van der Waals surface area contributed by atoms with Crippen molar-refractivity contribution < 1.29 is 9.84 Å². The molecular formula is C14H21ClN2O2S. The Bertz CT molecular complexity index is 539. The van der Waals surface area contributed by atoms with Crippen LogP contribution in [0.4, 0.5) is 0 Å². The van der Waals surface area contributed by atoms with Gasteiger partial charge in [-0.1, -0.05) is 6.07 Å². The van der Waals surface area contributed by atoms with Crippen LogP contribution in [-0.2, 0) is 0 Å². The quantitative estimate of drug-likeness (QED) is 0.890. The highest BCUT2D eigenvalue weighted by Gasteiger charge is 2.13. The zero-order valence-electron chi connectivity index (χ0n) is 11.9. The first-order valence-corrected chi connectivity index (χ1v) is 7.12. The molecule has 0 amide bonds. The van der Waals surface area contributed by atoms with E-state index in [1.165, 1.54) is 11.5 Å². The topological polar surface area (TPSA) is 54.4 Å². The first kappa shape index (κ1) is 17.2. The van der Waals surface area contributed by atoms with Crippen molar-refractivity contribution >= 4 is 34.0 Å². The molecule has 0 bridgehead atoms. The number of benzene rings is 1. The van der Waals surface area contributed by atoms with Crippen LogP contribution in [0.5, 0.6) is 5.75 Å². The molecule has 20 heavy (non-hydrogen) atoms. The molecule has 0 spiro atoms. The van der Waals surface area contributed by atoms with Crippen LogP contribution in [0.25, 0.3) is 10.1 Å². The van der Waals surface area contributed by atoms with E-state index >= 15 is 0 Å². The number of aliphatic hydroxyl groups excluding tert-OH is 1. The van der Waals surface area contributed by atoms with Crippen molar-refractivity contribution in [3.8, 4) is 5.75 Å².